The number of aliphatic hydroxyl groups excluding tert-OH is 1. The van der Waals surface area contributed by atoms with Gasteiger partial charge in [-0.3, -0.25) is 14.5 Å². The molecule has 7 nitrogen and oxygen atoms in total. The first kappa shape index (κ1) is 22.7. The van der Waals surface area contributed by atoms with Gasteiger partial charge in [-0.1, -0.05) is 41.7 Å². The molecule has 0 saturated carbocycles. The normalized spacial score (nSPS) is 15.5. The van der Waals surface area contributed by atoms with Crippen LogP contribution in [0, 0.1) is 5.82 Å². The monoisotopic (exact) mass is 512 g/mol. The van der Waals surface area contributed by atoms with Gasteiger partial charge in [-0.15, -0.1) is 0 Å². The van der Waals surface area contributed by atoms with Crippen molar-refractivity contribution in [2.24, 2.45) is 0 Å². The van der Waals surface area contributed by atoms with Crippen molar-refractivity contribution in [1.29, 1.82) is 0 Å². The van der Waals surface area contributed by atoms with Gasteiger partial charge in [0.15, 0.2) is 16.7 Å². The molecule has 0 radical (unpaired) electrons. The van der Waals surface area contributed by atoms with E-state index in [0.717, 1.165) is 11.3 Å². The van der Waals surface area contributed by atoms with Crippen LogP contribution in [0.1, 0.15) is 22.2 Å². The Bertz CT molecular complexity index is 1680. The van der Waals surface area contributed by atoms with Crippen molar-refractivity contribution < 1.29 is 28.2 Å². The number of rotatable bonds is 6. The molecule has 9 heteroatoms. The van der Waals surface area contributed by atoms with E-state index in [2.05, 4.69) is 4.98 Å². The van der Waals surface area contributed by atoms with Gasteiger partial charge in [0, 0.05) is 0 Å². The fraction of sp³-hybridized carbons (Fsp3) is 0.0357. The summed E-state index contributed by atoms with van der Waals surface area (Å²) in [6.07, 6.45) is 1.34. The van der Waals surface area contributed by atoms with E-state index in [1.54, 1.807) is 42.5 Å². The second-order valence-electron chi connectivity index (χ2n) is 8.24. The van der Waals surface area contributed by atoms with Crippen LogP contribution in [0.4, 0.5) is 9.52 Å². The number of furan rings is 1. The van der Waals surface area contributed by atoms with Gasteiger partial charge in [0.05, 0.1) is 28.1 Å². The SMILES string of the molecule is O=C(C1=C(O)C(=O)N(c2nc3ccc(F)cc3s2)C1c1cccc(Oc2ccccc2)c1)c1ccco1. The molecular formula is C28H17FN2O5S. The van der Waals surface area contributed by atoms with E-state index in [4.69, 9.17) is 9.15 Å². The topological polar surface area (TPSA) is 92.9 Å². The summed E-state index contributed by atoms with van der Waals surface area (Å²) in [5, 5.41) is 11.1. The van der Waals surface area contributed by atoms with Crippen LogP contribution >= 0.6 is 11.3 Å². The molecule has 1 amide bonds. The number of anilines is 1. The molecule has 1 aliphatic heterocycles. The zero-order chi connectivity index (χ0) is 25.5. The summed E-state index contributed by atoms with van der Waals surface area (Å²) < 4.78 is 25.6. The first-order chi connectivity index (χ1) is 18.0. The van der Waals surface area contributed by atoms with Crippen molar-refractivity contribution in [3.8, 4) is 11.5 Å². The number of thiazole rings is 1. The third kappa shape index (κ3) is 4.05. The highest BCUT2D eigenvalue weighted by molar-refractivity contribution is 7.22. The third-order valence-electron chi connectivity index (χ3n) is 5.90. The second kappa shape index (κ2) is 9.03. The summed E-state index contributed by atoms with van der Waals surface area (Å²) in [6, 6.07) is 22.1. The summed E-state index contributed by atoms with van der Waals surface area (Å²) in [7, 11) is 0. The highest BCUT2D eigenvalue weighted by Gasteiger charge is 2.46. The van der Waals surface area contributed by atoms with Gasteiger partial charge in [0.25, 0.3) is 5.91 Å². The van der Waals surface area contributed by atoms with Gasteiger partial charge in [0.2, 0.25) is 5.78 Å². The summed E-state index contributed by atoms with van der Waals surface area (Å²) in [4.78, 5) is 32.6. The van der Waals surface area contributed by atoms with Crippen molar-refractivity contribution in [3.05, 3.63) is 120 Å². The van der Waals surface area contributed by atoms with Gasteiger partial charge in [-0.05, 0) is 60.2 Å². The molecule has 1 N–H and O–H groups in total. The minimum absolute atomic E-state index is 0.0238. The van der Waals surface area contributed by atoms with E-state index >= 15 is 0 Å². The Kier molecular flexibility index (Phi) is 5.54. The first-order valence-corrected chi connectivity index (χ1v) is 12.0. The number of carbonyl (C=O) groups excluding carboxylic acids is 2. The van der Waals surface area contributed by atoms with Crippen LogP contribution in [0.2, 0.25) is 0 Å². The number of hydrogen-bond donors (Lipinski definition) is 1. The second-order valence-corrected chi connectivity index (χ2v) is 9.25. The molecule has 3 aromatic carbocycles. The summed E-state index contributed by atoms with van der Waals surface area (Å²) in [5.74, 6) is -1.52. The molecular weight excluding hydrogens is 495 g/mol. The Hall–Kier alpha value is -4.76. The highest BCUT2D eigenvalue weighted by atomic mass is 32.1. The van der Waals surface area contributed by atoms with E-state index in [1.165, 1.54) is 35.4 Å². The van der Waals surface area contributed by atoms with Crippen LogP contribution in [-0.4, -0.2) is 21.8 Å². The number of ketones is 1. The zero-order valence-corrected chi connectivity index (χ0v) is 19.8. The number of aliphatic hydroxyl groups is 1. The molecule has 0 saturated heterocycles. The molecule has 1 unspecified atom stereocenters. The summed E-state index contributed by atoms with van der Waals surface area (Å²) in [5.41, 5.74) is 0.841. The van der Waals surface area contributed by atoms with Crippen molar-refractivity contribution in [2.75, 3.05) is 4.90 Å². The fourth-order valence-corrected chi connectivity index (χ4v) is 5.27. The molecule has 1 aliphatic rings. The molecule has 5 aromatic rings. The summed E-state index contributed by atoms with van der Waals surface area (Å²) in [6.45, 7) is 0. The standard InChI is InChI=1S/C28H17FN2O5S/c29-17-11-12-20-22(15-17)37-28(30-20)31-24(23(26(33)27(31)34)25(32)21-10-5-13-35-21)16-6-4-9-19(14-16)36-18-7-2-1-3-8-18/h1-15,24,33H. The van der Waals surface area contributed by atoms with Crippen LogP contribution in [0.5, 0.6) is 11.5 Å². The van der Waals surface area contributed by atoms with E-state index < -0.39 is 29.3 Å². The molecule has 37 heavy (non-hydrogen) atoms. The number of fused-ring (bicyclic) bond motifs is 1. The Balaban J connectivity index is 1.48. The number of benzene rings is 3. The van der Waals surface area contributed by atoms with Gasteiger partial charge in [-0.25, -0.2) is 9.37 Å². The molecule has 3 heterocycles. The lowest BCUT2D eigenvalue weighted by atomic mass is 9.95. The predicted molar refractivity (Wildman–Crippen MR) is 135 cm³/mol. The zero-order valence-electron chi connectivity index (χ0n) is 19.0. The van der Waals surface area contributed by atoms with E-state index in [1.807, 2.05) is 18.2 Å². The Morgan fingerprint density at radius 1 is 1.00 bits per heavy atom. The van der Waals surface area contributed by atoms with Crippen LogP contribution in [0.15, 0.2) is 107 Å². The van der Waals surface area contributed by atoms with Crippen molar-refractivity contribution in [3.63, 3.8) is 0 Å². The smallest absolute Gasteiger partial charge is 0.296 e. The molecule has 182 valence electrons. The van der Waals surface area contributed by atoms with Crippen molar-refractivity contribution in [2.45, 2.75) is 6.04 Å². The lowest BCUT2D eigenvalue weighted by Crippen LogP contribution is -2.31. The number of nitrogens with zero attached hydrogens (tertiary/aromatic N) is 2. The molecule has 0 fully saturated rings. The number of para-hydroxylation sites is 1. The van der Waals surface area contributed by atoms with Gasteiger partial charge in [-0.2, -0.15) is 0 Å². The molecule has 0 spiro atoms. The number of Topliss-reactive ketones (excluding diaryl/α,β-unsaturated/α-hetero) is 1. The number of carbonyl (C=O) groups is 2. The Labute approximate surface area is 213 Å². The lowest BCUT2D eigenvalue weighted by Gasteiger charge is -2.24. The van der Waals surface area contributed by atoms with Crippen molar-refractivity contribution >= 4 is 38.4 Å². The maximum atomic E-state index is 13.8. The number of amides is 1. The maximum absolute atomic E-state index is 13.8. The molecule has 0 aliphatic carbocycles. The molecule has 0 bridgehead atoms. The van der Waals surface area contributed by atoms with Crippen LogP contribution in [-0.2, 0) is 4.79 Å². The number of ether oxygens (including phenoxy) is 1. The van der Waals surface area contributed by atoms with E-state index in [-0.39, 0.29) is 16.5 Å². The van der Waals surface area contributed by atoms with Crippen LogP contribution < -0.4 is 9.64 Å². The largest absolute Gasteiger partial charge is 0.503 e. The Morgan fingerprint density at radius 2 is 1.81 bits per heavy atom. The highest BCUT2D eigenvalue weighted by Crippen LogP contribution is 2.45. The van der Waals surface area contributed by atoms with Gasteiger partial charge >= 0.3 is 0 Å². The van der Waals surface area contributed by atoms with E-state index in [0.29, 0.717) is 27.3 Å². The summed E-state index contributed by atoms with van der Waals surface area (Å²) >= 11 is 1.08. The molecule has 2 aromatic heterocycles. The number of hydrogen-bond acceptors (Lipinski definition) is 7. The lowest BCUT2D eigenvalue weighted by molar-refractivity contribution is -0.117. The van der Waals surface area contributed by atoms with E-state index in [9.17, 15) is 19.1 Å². The van der Waals surface area contributed by atoms with Gasteiger partial charge < -0.3 is 14.3 Å². The maximum Gasteiger partial charge on any atom is 0.296 e. The predicted octanol–water partition coefficient (Wildman–Crippen LogP) is 6.60. The van der Waals surface area contributed by atoms with Crippen molar-refractivity contribution in [1.82, 2.24) is 4.98 Å². The third-order valence-corrected chi connectivity index (χ3v) is 6.91. The van der Waals surface area contributed by atoms with Crippen LogP contribution in [0.3, 0.4) is 0 Å². The minimum atomic E-state index is -1.03. The quantitative estimate of drug-likeness (QED) is 0.258. The first-order valence-electron chi connectivity index (χ1n) is 11.2. The van der Waals surface area contributed by atoms with Crippen LogP contribution in [0.25, 0.3) is 10.2 Å². The average molecular weight is 513 g/mol. The minimum Gasteiger partial charge on any atom is -0.503 e. The Morgan fingerprint density at radius 3 is 2.59 bits per heavy atom. The van der Waals surface area contributed by atoms with Gasteiger partial charge in [0.1, 0.15) is 17.3 Å². The average Bonchev–Trinajstić information content (AvgIpc) is 3.63. The number of halogens is 1. The molecule has 1 atom stereocenters. The fourth-order valence-electron chi connectivity index (χ4n) is 4.25. The number of aromatic nitrogens is 1. The molecule has 6 rings (SSSR count).